The van der Waals surface area contributed by atoms with Crippen molar-refractivity contribution in [3.63, 3.8) is 0 Å². The summed E-state index contributed by atoms with van der Waals surface area (Å²) < 4.78 is 0. The number of halogens is 1. The fraction of sp³-hybridized carbons (Fsp3) is 0.294. The van der Waals surface area contributed by atoms with Gasteiger partial charge in [0.15, 0.2) is 0 Å². The van der Waals surface area contributed by atoms with Crippen LogP contribution in [0.3, 0.4) is 0 Å². The first-order valence-electron chi connectivity index (χ1n) is 6.67. The molecule has 0 radical (unpaired) electrons. The smallest absolute Gasteiger partial charge is 0.0871 e. The van der Waals surface area contributed by atoms with Crippen LogP contribution < -0.4 is 11.5 Å². The molecule has 0 aliphatic rings. The van der Waals surface area contributed by atoms with E-state index in [1.807, 2.05) is 13.0 Å². The molecule has 0 bridgehead atoms. The van der Waals surface area contributed by atoms with Gasteiger partial charge in [-0.3, -0.25) is 0 Å². The Bertz CT molecular complexity index is 638. The lowest BCUT2D eigenvalue weighted by molar-refractivity contribution is 0.590. The van der Waals surface area contributed by atoms with Crippen LogP contribution in [0.4, 0.5) is 11.4 Å². The molecule has 0 aliphatic carbocycles. The van der Waals surface area contributed by atoms with Crippen LogP contribution in [0.5, 0.6) is 0 Å². The molecular weight excluding hydrogens is 268 g/mol. The number of aryl methyl sites for hydroxylation is 1. The van der Waals surface area contributed by atoms with Gasteiger partial charge in [-0.2, -0.15) is 0 Å². The Labute approximate surface area is 125 Å². The van der Waals surface area contributed by atoms with Crippen molar-refractivity contribution in [3.8, 4) is 11.1 Å². The molecule has 4 N–H and O–H groups in total. The van der Waals surface area contributed by atoms with Crippen molar-refractivity contribution in [2.24, 2.45) is 0 Å². The van der Waals surface area contributed by atoms with E-state index in [2.05, 4.69) is 45.0 Å². The van der Waals surface area contributed by atoms with Gasteiger partial charge in [-0.25, -0.2) is 0 Å². The van der Waals surface area contributed by atoms with Crippen LogP contribution in [-0.4, -0.2) is 0 Å². The highest BCUT2D eigenvalue weighted by Gasteiger charge is 2.16. The number of hydrogen-bond donors (Lipinski definition) is 2. The molecule has 0 aromatic heterocycles. The van der Waals surface area contributed by atoms with Crippen molar-refractivity contribution in [2.75, 3.05) is 11.5 Å². The molecule has 106 valence electrons. The maximum Gasteiger partial charge on any atom is 0.0871 e. The number of benzene rings is 2. The van der Waals surface area contributed by atoms with Crippen LogP contribution in [0.2, 0.25) is 5.02 Å². The fourth-order valence-electron chi connectivity index (χ4n) is 2.37. The molecule has 0 unspecified atom stereocenters. The van der Waals surface area contributed by atoms with Gasteiger partial charge in [0, 0.05) is 5.56 Å². The van der Waals surface area contributed by atoms with Gasteiger partial charge in [0.1, 0.15) is 0 Å². The zero-order chi connectivity index (χ0) is 15.1. The first-order valence-corrected chi connectivity index (χ1v) is 7.04. The van der Waals surface area contributed by atoms with Gasteiger partial charge < -0.3 is 11.5 Å². The largest absolute Gasteiger partial charge is 0.397 e. The third-order valence-corrected chi connectivity index (χ3v) is 3.99. The van der Waals surface area contributed by atoms with Gasteiger partial charge in [-0.1, -0.05) is 56.6 Å². The van der Waals surface area contributed by atoms with Crippen LogP contribution in [0.1, 0.15) is 31.9 Å². The number of nitrogens with two attached hydrogens (primary N) is 2. The molecule has 2 aromatic carbocycles. The van der Waals surface area contributed by atoms with E-state index < -0.39 is 0 Å². The van der Waals surface area contributed by atoms with Gasteiger partial charge in [0.2, 0.25) is 0 Å². The van der Waals surface area contributed by atoms with E-state index in [4.69, 9.17) is 23.1 Å². The minimum atomic E-state index is 0.137. The Kier molecular flexibility index (Phi) is 3.70. The van der Waals surface area contributed by atoms with E-state index in [9.17, 15) is 0 Å². The zero-order valence-corrected chi connectivity index (χ0v) is 13.2. The van der Waals surface area contributed by atoms with Crippen molar-refractivity contribution in [3.05, 3.63) is 46.5 Å². The second-order valence-electron chi connectivity index (χ2n) is 6.21. The zero-order valence-electron chi connectivity index (χ0n) is 12.4. The maximum atomic E-state index is 6.16. The Morgan fingerprint density at radius 2 is 1.55 bits per heavy atom. The Morgan fingerprint density at radius 3 is 2.05 bits per heavy atom. The fourth-order valence-corrected chi connectivity index (χ4v) is 2.52. The average molecular weight is 289 g/mol. The minimum absolute atomic E-state index is 0.137. The number of nitrogen functional groups attached to an aromatic ring is 2. The summed E-state index contributed by atoms with van der Waals surface area (Å²) in [7, 11) is 0. The van der Waals surface area contributed by atoms with E-state index in [1.165, 1.54) is 5.56 Å². The number of rotatable bonds is 1. The van der Waals surface area contributed by atoms with E-state index in [-0.39, 0.29) is 5.41 Å². The van der Waals surface area contributed by atoms with Crippen LogP contribution in [-0.2, 0) is 5.41 Å². The van der Waals surface area contributed by atoms with Gasteiger partial charge in [0.25, 0.3) is 0 Å². The topological polar surface area (TPSA) is 52.0 Å². The predicted molar refractivity (Wildman–Crippen MR) is 89.1 cm³/mol. The molecule has 0 aliphatic heterocycles. The Morgan fingerprint density at radius 1 is 1.00 bits per heavy atom. The van der Waals surface area contributed by atoms with Crippen molar-refractivity contribution >= 4 is 23.0 Å². The van der Waals surface area contributed by atoms with Crippen LogP contribution in [0.25, 0.3) is 11.1 Å². The molecular formula is C17H21ClN2. The molecule has 0 spiro atoms. The summed E-state index contributed by atoms with van der Waals surface area (Å²) in [5.41, 5.74) is 17.5. The Balaban J connectivity index is 2.56. The molecule has 2 rings (SSSR count). The summed E-state index contributed by atoms with van der Waals surface area (Å²) in [5, 5.41) is 0.436. The van der Waals surface area contributed by atoms with Crippen LogP contribution >= 0.6 is 11.6 Å². The molecule has 3 heteroatoms. The van der Waals surface area contributed by atoms with Crippen molar-refractivity contribution in [1.29, 1.82) is 0 Å². The normalized spacial score (nSPS) is 11.7. The quantitative estimate of drug-likeness (QED) is 0.742. The van der Waals surface area contributed by atoms with E-state index >= 15 is 0 Å². The SMILES string of the molecule is Cc1cc(N)c(Cl)c(N)c1-c1ccc(C(C)(C)C)cc1. The maximum absolute atomic E-state index is 6.16. The minimum Gasteiger partial charge on any atom is -0.397 e. The molecule has 0 saturated carbocycles. The second-order valence-corrected chi connectivity index (χ2v) is 6.59. The molecule has 0 heterocycles. The summed E-state index contributed by atoms with van der Waals surface area (Å²) in [5.74, 6) is 0. The van der Waals surface area contributed by atoms with Gasteiger partial charge in [-0.15, -0.1) is 0 Å². The monoisotopic (exact) mass is 288 g/mol. The van der Waals surface area contributed by atoms with Crippen molar-refractivity contribution < 1.29 is 0 Å². The highest BCUT2D eigenvalue weighted by atomic mass is 35.5. The lowest BCUT2D eigenvalue weighted by Crippen LogP contribution is -2.10. The van der Waals surface area contributed by atoms with Crippen LogP contribution in [0, 0.1) is 6.92 Å². The predicted octanol–water partition coefficient (Wildman–Crippen LogP) is 4.78. The van der Waals surface area contributed by atoms with Crippen molar-refractivity contribution in [1.82, 2.24) is 0 Å². The lowest BCUT2D eigenvalue weighted by Gasteiger charge is -2.20. The molecule has 0 fully saturated rings. The summed E-state index contributed by atoms with van der Waals surface area (Å²) in [6.07, 6.45) is 0. The van der Waals surface area contributed by atoms with Gasteiger partial charge >= 0.3 is 0 Å². The highest BCUT2D eigenvalue weighted by molar-refractivity contribution is 6.36. The molecule has 0 amide bonds. The molecule has 20 heavy (non-hydrogen) atoms. The van der Waals surface area contributed by atoms with Gasteiger partial charge in [-0.05, 0) is 35.1 Å². The van der Waals surface area contributed by atoms with Gasteiger partial charge in [0.05, 0.1) is 16.4 Å². The molecule has 0 saturated heterocycles. The average Bonchev–Trinajstić information content (AvgIpc) is 2.36. The first kappa shape index (κ1) is 14.7. The highest BCUT2D eigenvalue weighted by Crippen LogP contribution is 2.38. The third kappa shape index (κ3) is 2.61. The molecule has 0 atom stereocenters. The third-order valence-electron chi connectivity index (χ3n) is 3.57. The first-order chi connectivity index (χ1) is 9.21. The van der Waals surface area contributed by atoms with E-state index in [0.29, 0.717) is 16.4 Å². The molecule has 2 nitrogen and oxygen atoms in total. The van der Waals surface area contributed by atoms with Crippen LogP contribution in [0.15, 0.2) is 30.3 Å². The van der Waals surface area contributed by atoms with E-state index in [0.717, 1.165) is 16.7 Å². The van der Waals surface area contributed by atoms with E-state index in [1.54, 1.807) is 0 Å². The van der Waals surface area contributed by atoms with Crippen molar-refractivity contribution in [2.45, 2.75) is 33.1 Å². The standard InChI is InChI=1S/C17H21ClN2/c1-10-9-13(19)15(18)16(20)14(10)11-5-7-12(8-6-11)17(2,3)4/h5-9H,19-20H2,1-4H3. The lowest BCUT2D eigenvalue weighted by atomic mass is 9.86. The Hall–Kier alpha value is -1.67. The summed E-state index contributed by atoms with van der Waals surface area (Å²) >= 11 is 6.16. The number of anilines is 2. The molecule has 2 aromatic rings. The second kappa shape index (κ2) is 5.02. The summed E-state index contributed by atoms with van der Waals surface area (Å²) in [6, 6.07) is 10.3. The summed E-state index contributed by atoms with van der Waals surface area (Å²) in [6.45, 7) is 8.58. The number of hydrogen-bond acceptors (Lipinski definition) is 2. The summed E-state index contributed by atoms with van der Waals surface area (Å²) in [4.78, 5) is 0.